The second-order valence-corrected chi connectivity index (χ2v) is 5.81. The molecule has 0 atom stereocenters. The van der Waals surface area contributed by atoms with Gasteiger partial charge in [0.2, 0.25) is 5.91 Å². The molecule has 1 aromatic carbocycles. The summed E-state index contributed by atoms with van der Waals surface area (Å²) < 4.78 is 5.58. The van der Waals surface area contributed by atoms with E-state index in [2.05, 4.69) is 4.98 Å². The first-order valence-electron chi connectivity index (χ1n) is 5.95. The topological polar surface area (TPSA) is 46.3 Å². The van der Waals surface area contributed by atoms with Gasteiger partial charge in [-0.3, -0.25) is 4.79 Å². The van der Waals surface area contributed by atoms with E-state index in [4.69, 9.17) is 16.0 Å². The van der Waals surface area contributed by atoms with Crippen LogP contribution >= 0.6 is 23.4 Å². The molecular weight excluding hydrogens is 284 g/mol. The Morgan fingerprint density at radius 3 is 3.00 bits per heavy atom. The summed E-state index contributed by atoms with van der Waals surface area (Å²) >= 11 is 7.40. The number of halogens is 1. The van der Waals surface area contributed by atoms with Gasteiger partial charge in [0.1, 0.15) is 5.52 Å². The fourth-order valence-electron chi connectivity index (χ4n) is 1.55. The first-order valence-corrected chi connectivity index (χ1v) is 7.31. The summed E-state index contributed by atoms with van der Waals surface area (Å²) in [5.41, 5.74) is 1.50. The van der Waals surface area contributed by atoms with Crippen molar-refractivity contribution in [1.82, 2.24) is 9.88 Å². The van der Waals surface area contributed by atoms with Gasteiger partial charge in [0.05, 0.1) is 0 Å². The molecule has 0 fully saturated rings. The molecule has 0 radical (unpaired) electrons. The van der Waals surface area contributed by atoms with Gasteiger partial charge in [0, 0.05) is 31.3 Å². The highest BCUT2D eigenvalue weighted by Gasteiger charge is 2.08. The van der Waals surface area contributed by atoms with E-state index in [1.165, 1.54) is 11.8 Å². The van der Waals surface area contributed by atoms with E-state index >= 15 is 0 Å². The number of hydrogen-bond donors (Lipinski definition) is 0. The lowest BCUT2D eigenvalue weighted by Gasteiger charge is -2.08. The summed E-state index contributed by atoms with van der Waals surface area (Å²) in [4.78, 5) is 17.3. The SMILES string of the molecule is CN(C)C(=O)CCCSc1nc2cc(Cl)ccc2o1. The zero-order valence-electron chi connectivity index (χ0n) is 10.9. The summed E-state index contributed by atoms with van der Waals surface area (Å²) in [6, 6.07) is 5.36. The predicted molar refractivity (Wildman–Crippen MR) is 77.7 cm³/mol. The Morgan fingerprint density at radius 2 is 2.26 bits per heavy atom. The Morgan fingerprint density at radius 1 is 1.47 bits per heavy atom. The number of thioether (sulfide) groups is 1. The third-order valence-corrected chi connectivity index (χ3v) is 3.74. The zero-order chi connectivity index (χ0) is 13.8. The van der Waals surface area contributed by atoms with Crippen LogP contribution < -0.4 is 0 Å². The Hall–Kier alpha value is -1.20. The van der Waals surface area contributed by atoms with E-state index in [0.29, 0.717) is 16.7 Å². The number of carbonyl (C=O) groups is 1. The molecule has 1 heterocycles. The molecule has 102 valence electrons. The Labute approximate surface area is 121 Å². The van der Waals surface area contributed by atoms with E-state index in [1.807, 2.05) is 6.07 Å². The van der Waals surface area contributed by atoms with Gasteiger partial charge < -0.3 is 9.32 Å². The highest BCUT2D eigenvalue weighted by molar-refractivity contribution is 7.99. The maximum atomic E-state index is 11.4. The second kappa shape index (κ2) is 6.30. The van der Waals surface area contributed by atoms with Gasteiger partial charge in [0.25, 0.3) is 5.22 Å². The number of nitrogens with zero attached hydrogens (tertiary/aromatic N) is 2. The van der Waals surface area contributed by atoms with Crippen molar-refractivity contribution in [2.24, 2.45) is 0 Å². The van der Waals surface area contributed by atoms with Crippen LogP contribution in [0, 0.1) is 0 Å². The van der Waals surface area contributed by atoms with Crippen molar-refractivity contribution in [2.45, 2.75) is 18.1 Å². The lowest BCUT2D eigenvalue weighted by Crippen LogP contribution is -2.21. The smallest absolute Gasteiger partial charge is 0.256 e. The van der Waals surface area contributed by atoms with Crippen molar-refractivity contribution < 1.29 is 9.21 Å². The quantitative estimate of drug-likeness (QED) is 0.626. The van der Waals surface area contributed by atoms with Crippen LogP contribution in [0.25, 0.3) is 11.1 Å². The van der Waals surface area contributed by atoms with Crippen molar-refractivity contribution >= 4 is 40.4 Å². The number of benzene rings is 1. The number of carbonyl (C=O) groups excluding carboxylic acids is 1. The van der Waals surface area contributed by atoms with Gasteiger partial charge in [-0.25, -0.2) is 4.98 Å². The van der Waals surface area contributed by atoms with E-state index in [1.54, 1.807) is 31.1 Å². The van der Waals surface area contributed by atoms with Crippen LogP contribution in [0.2, 0.25) is 5.02 Å². The molecule has 0 bridgehead atoms. The highest BCUT2D eigenvalue weighted by Crippen LogP contribution is 2.26. The van der Waals surface area contributed by atoms with Gasteiger partial charge in [-0.2, -0.15) is 0 Å². The fraction of sp³-hybridized carbons (Fsp3) is 0.385. The molecule has 19 heavy (non-hydrogen) atoms. The van der Waals surface area contributed by atoms with Crippen LogP contribution in [-0.4, -0.2) is 35.6 Å². The number of oxazole rings is 1. The maximum Gasteiger partial charge on any atom is 0.256 e. The average molecular weight is 299 g/mol. The van der Waals surface area contributed by atoms with Crippen LogP contribution in [-0.2, 0) is 4.79 Å². The maximum absolute atomic E-state index is 11.4. The van der Waals surface area contributed by atoms with Gasteiger partial charge in [-0.05, 0) is 24.6 Å². The third kappa shape index (κ3) is 3.88. The highest BCUT2D eigenvalue weighted by atomic mass is 35.5. The molecule has 2 aromatic rings. The first-order chi connectivity index (χ1) is 9.06. The standard InChI is InChI=1S/C13H15ClN2O2S/c1-16(2)12(17)4-3-7-19-13-15-10-8-9(14)5-6-11(10)18-13/h5-6,8H,3-4,7H2,1-2H3. The van der Waals surface area contributed by atoms with E-state index in [9.17, 15) is 4.79 Å². The molecule has 0 saturated carbocycles. The molecule has 2 rings (SSSR count). The molecule has 0 unspecified atom stereocenters. The van der Waals surface area contributed by atoms with Crippen LogP contribution in [0.15, 0.2) is 27.8 Å². The van der Waals surface area contributed by atoms with Gasteiger partial charge in [0.15, 0.2) is 5.58 Å². The van der Waals surface area contributed by atoms with Crippen molar-refractivity contribution in [1.29, 1.82) is 0 Å². The normalized spacial score (nSPS) is 10.9. The minimum absolute atomic E-state index is 0.143. The number of hydrogen-bond acceptors (Lipinski definition) is 4. The molecule has 0 saturated heterocycles. The molecule has 6 heteroatoms. The van der Waals surface area contributed by atoms with Crippen molar-refractivity contribution in [2.75, 3.05) is 19.8 Å². The Kier molecular flexibility index (Phi) is 4.71. The molecular formula is C13H15ClN2O2S. The molecule has 0 aliphatic heterocycles. The van der Waals surface area contributed by atoms with Crippen LogP contribution in [0.5, 0.6) is 0 Å². The summed E-state index contributed by atoms with van der Waals surface area (Å²) in [6.45, 7) is 0. The number of rotatable bonds is 5. The van der Waals surface area contributed by atoms with Crippen molar-refractivity contribution in [3.05, 3.63) is 23.2 Å². The molecule has 1 amide bonds. The van der Waals surface area contributed by atoms with Crippen LogP contribution in [0.1, 0.15) is 12.8 Å². The third-order valence-electron chi connectivity index (χ3n) is 2.59. The number of amides is 1. The minimum atomic E-state index is 0.143. The molecule has 0 N–H and O–H groups in total. The van der Waals surface area contributed by atoms with Crippen molar-refractivity contribution in [3.8, 4) is 0 Å². The fourth-order valence-corrected chi connectivity index (χ4v) is 2.49. The molecule has 0 spiro atoms. The monoisotopic (exact) mass is 298 g/mol. The lowest BCUT2D eigenvalue weighted by atomic mass is 10.3. The number of fused-ring (bicyclic) bond motifs is 1. The van der Waals surface area contributed by atoms with Gasteiger partial charge in [-0.1, -0.05) is 23.4 Å². The molecule has 4 nitrogen and oxygen atoms in total. The zero-order valence-corrected chi connectivity index (χ0v) is 12.4. The van der Waals surface area contributed by atoms with E-state index in [0.717, 1.165) is 23.3 Å². The average Bonchev–Trinajstić information content (AvgIpc) is 2.75. The Bertz CT molecular complexity index is 583. The van der Waals surface area contributed by atoms with Crippen molar-refractivity contribution in [3.63, 3.8) is 0 Å². The largest absolute Gasteiger partial charge is 0.431 e. The molecule has 0 aliphatic rings. The van der Waals surface area contributed by atoms with Crippen LogP contribution in [0.3, 0.4) is 0 Å². The van der Waals surface area contributed by atoms with Gasteiger partial charge >= 0.3 is 0 Å². The van der Waals surface area contributed by atoms with Crippen LogP contribution in [0.4, 0.5) is 0 Å². The first kappa shape index (κ1) is 14.2. The Balaban J connectivity index is 1.86. The number of aromatic nitrogens is 1. The van der Waals surface area contributed by atoms with E-state index < -0.39 is 0 Å². The van der Waals surface area contributed by atoms with Gasteiger partial charge in [-0.15, -0.1) is 0 Å². The summed E-state index contributed by atoms with van der Waals surface area (Å²) in [5.74, 6) is 0.949. The molecule has 1 aromatic heterocycles. The minimum Gasteiger partial charge on any atom is -0.431 e. The lowest BCUT2D eigenvalue weighted by molar-refractivity contribution is -0.128. The molecule has 0 aliphatic carbocycles. The summed E-state index contributed by atoms with van der Waals surface area (Å²) in [6.07, 6.45) is 1.35. The van der Waals surface area contributed by atoms with E-state index in [-0.39, 0.29) is 5.91 Å². The summed E-state index contributed by atoms with van der Waals surface area (Å²) in [7, 11) is 3.53. The summed E-state index contributed by atoms with van der Waals surface area (Å²) in [5, 5.41) is 1.27. The second-order valence-electron chi connectivity index (χ2n) is 4.33. The predicted octanol–water partition coefficient (Wildman–Crippen LogP) is 3.44.